The standard InChI is InChI=1S/C18H19N3O6S/c1-26-16(24)8-13-7-14(22)21-18(20-13)28-10-15(23)19-9-11-3-5-12(6-4-11)17(25)27-2/h3-7H,8-10H2,1-2H3,(H,19,23)(H,20,21,22). The van der Waals surface area contributed by atoms with Gasteiger partial charge in [-0.2, -0.15) is 0 Å². The van der Waals surface area contributed by atoms with E-state index in [2.05, 4.69) is 24.8 Å². The molecule has 28 heavy (non-hydrogen) atoms. The predicted molar refractivity (Wildman–Crippen MR) is 101 cm³/mol. The highest BCUT2D eigenvalue weighted by Crippen LogP contribution is 2.11. The van der Waals surface area contributed by atoms with E-state index in [9.17, 15) is 19.2 Å². The second-order valence-corrected chi connectivity index (χ2v) is 6.51. The van der Waals surface area contributed by atoms with Crippen LogP contribution in [0.25, 0.3) is 0 Å². The molecule has 2 rings (SSSR count). The fourth-order valence-corrected chi connectivity index (χ4v) is 2.85. The number of methoxy groups -OCH3 is 2. The average molecular weight is 405 g/mol. The number of nitrogens with zero attached hydrogens (tertiary/aromatic N) is 1. The fraction of sp³-hybridized carbons (Fsp3) is 0.278. The van der Waals surface area contributed by atoms with E-state index in [1.165, 1.54) is 20.3 Å². The molecule has 0 unspecified atom stereocenters. The number of benzene rings is 1. The molecule has 2 N–H and O–H groups in total. The quantitative estimate of drug-likeness (QED) is 0.373. The minimum atomic E-state index is -0.509. The largest absolute Gasteiger partial charge is 0.469 e. The van der Waals surface area contributed by atoms with Crippen molar-refractivity contribution >= 4 is 29.6 Å². The van der Waals surface area contributed by atoms with Gasteiger partial charge in [0.25, 0.3) is 5.56 Å². The van der Waals surface area contributed by atoms with E-state index in [-0.39, 0.29) is 35.5 Å². The lowest BCUT2D eigenvalue weighted by Gasteiger charge is -2.07. The van der Waals surface area contributed by atoms with Crippen LogP contribution in [0.1, 0.15) is 21.6 Å². The molecule has 0 atom stereocenters. The monoisotopic (exact) mass is 405 g/mol. The highest BCUT2D eigenvalue weighted by molar-refractivity contribution is 7.99. The van der Waals surface area contributed by atoms with Crippen LogP contribution in [0, 0.1) is 0 Å². The van der Waals surface area contributed by atoms with Gasteiger partial charge in [-0.3, -0.25) is 14.4 Å². The number of hydrogen-bond acceptors (Lipinski definition) is 8. The number of thioether (sulfide) groups is 1. The molecule has 9 nitrogen and oxygen atoms in total. The minimum Gasteiger partial charge on any atom is -0.469 e. The van der Waals surface area contributed by atoms with E-state index in [1.54, 1.807) is 24.3 Å². The second-order valence-electron chi connectivity index (χ2n) is 5.55. The van der Waals surface area contributed by atoms with Crippen LogP contribution in [0.4, 0.5) is 0 Å². The van der Waals surface area contributed by atoms with Gasteiger partial charge in [0.05, 0.1) is 37.7 Å². The molecule has 0 saturated heterocycles. The van der Waals surface area contributed by atoms with E-state index < -0.39 is 17.5 Å². The summed E-state index contributed by atoms with van der Waals surface area (Å²) in [6, 6.07) is 7.87. The third-order valence-electron chi connectivity index (χ3n) is 3.53. The maximum absolute atomic E-state index is 12.0. The summed E-state index contributed by atoms with van der Waals surface area (Å²) in [6.07, 6.45) is -0.123. The summed E-state index contributed by atoms with van der Waals surface area (Å²) in [7, 11) is 2.56. The van der Waals surface area contributed by atoms with E-state index in [4.69, 9.17) is 0 Å². The first-order valence-electron chi connectivity index (χ1n) is 8.15. The molecule has 0 saturated carbocycles. The Kier molecular flexibility index (Phi) is 7.76. The maximum Gasteiger partial charge on any atom is 0.337 e. The zero-order chi connectivity index (χ0) is 20.5. The van der Waals surface area contributed by atoms with E-state index in [0.717, 1.165) is 17.3 Å². The van der Waals surface area contributed by atoms with Crippen LogP contribution in [-0.2, 0) is 32.0 Å². The van der Waals surface area contributed by atoms with Crippen molar-refractivity contribution in [3.05, 3.63) is 57.5 Å². The molecule has 0 radical (unpaired) electrons. The lowest BCUT2D eigenvalue weighted by Crippen LogP contribution is -2.25. The van der Waals surface area contributed by atoms with Crippen LogP contribution >= 0.6 is 11.8 Å². The van der Waals surface area contributed by atoms with Crippen molar-refractivity contribution < 1.29 is 23.9 Å². The van der Waals surface area contributed by atoms with Crippen molar-refractivity contribution in [3.8, 4) is 0 Å². The minimum absolute atomic E-state index is 0.0326. The van der Waals surface area contributed by atoms with Crippen LogP contribution in [0.15, 0.2) is 40.3 Å². The number of carbonyl (C=O) groups is 3. The van der Waals surface area contributed by atoms with Gasteiger partial charge in [0, 0.05) is 12.6 Å². The van der Waals surface area contributed by atoms with Crippen molar-refractivity contribution in [2.75, 3.05) is 20.0 Å². The molecule has 0 aliphatic carbocycles. The van der Waals surface area contributed by atoms with Crippen LogP contribution in [0.2, 0.25) is 0 Å². The molecule has 0 bridgehead atoms. The van der Waals surface area contributed by atoms with Crippen LogP contribution in [0.5, 0.6) is 0 Å². The third kappa shape index (κ3) is 6.54. The Morgan fingerprint density at radius 3 is 2.50 bits per heavy atom. The van der Waals surface area contributed by atoms with Crippen molar-refractivity contribution in [1.82, 2.24) is 15.3 Å². The van der Waals surface area contributed by atoms with Gasteiger partial charge in [0.1, 0.15) is 0 Å². The smallest absolute Gasteiger partial charge is 0.337 e. The SMILES string of the molecule is COC(=O)Cc1cc(=O)[nH]c(SCC(=O)NCc2ccc(C(=O)OC)cc2)n1. The summed E-state index contributed by atoms with van der Waals surface area (Å²) in [4.78, 5) is 53.0. The van der Waals surface area contributed by atoms with Crippen LogP contribution < -0.4 is 10.9 Å². The predicted octanol–water partition coefficient (Wildman–Crippen LogP) is 0.680. The maximum atomic E-state index is 12.0. The Balaban J connectivity index is 1.86. The average Bonchev–Trinajstić information content (AvgIpc) is 2.70. The number of esters is 2. The van der Waals surface area contributed by atoms with Crippen LogP contribution in [-0.4, -0.2) is 47.8 Å². The molecular weight excluding hydrogens is 386 g/mol. The number of nitrogens with one attached hydrogen (secondary N) is 2. The molecular formula is C18H19N3O6S. The molecule has 0 spiro atoms. The molecule has 0 aliphatic rings. The van der Waals surface area contributed by atoms with Gasteiger partial charge in [-0.1, -0.05) is 23.9 Å². The summed E-state index contributed by atoms with van der Waals surface area (Å²) < 4.78 is 9.17. The number of H-pyrrole nitrogens is 1. The summed E-state index contributed by atoms with van der Waals surface area (Å²) >= 11 is 1.04. The number of carbonyl (C=O) groups excluding carboxylic acids is 3. The molecule has 1 amide bonds. The van der Waals surface area contributed by atoms with Crippen molar-refractivity contribution in [2.24, 2.45) is 0 Å². The normalized spacial score (nSPS) is 10.2. The van der Waals surface area contributed by atoms with Gasteiger partial charge in [0.15, 0.2) is 5.16 Å². The molecule has 0 fully saturated rings. The molecule has 1 aromatic heterocycles. The van der Waals surface area contributed by atoms with Crippen molar-refractivity contribution in [3.63, 3.8) is 0 Å². The molecule has 0 aliphatic heterocycles. The Hall–Kier alpha value is -3.14. The summed E-state index contributed by atoms with van der Waals surface area (Å²) in [6.45, 7) is 0.285. The van der Waals surface area contributed by atoms with E-state index in [1.807, 2.05) is 0 Å². The highest BCUT2D eigenvalue weighted by atomic mass is 32.2. The van der Waals surface area contributed by atoms with Gasteiger partial charge in [-0.05, 0) is 17.7 Å². The van der Waals surface area contributed by atoms with Gasteiger partial charge in [0.2, 0.25) is 5.91 Å². The van der Waals surface area contributed by atoms with Crippen molar-refractivity contribution in [1.29, 1.82) is 0 Å². The first-order chi connectivity index (χ1) is 13.4. The molecule has 10 heteroatoms. The topological polar surface area (TPSA) is 127 Å². The molecule has 2 aromatic rings. The Bertz CT molecular complexity index is 910. The second kappa shape index (κ2) is 10.3. The fourth-order valence-electron chi connectivity index (χ4n) is 2.12. The molecule has 1 aromatic carbocycles. The summed E-state index contributed by atoms with van der Waals surface area (Å²) in [5.74, 6) is -1.17. The number of hydrogen-bond donors (Lipinski definition) is 2. The molecule has 1 heterocycles. The third-order valence-corrected chi connectivity index (χ3v) is 4.40. The van der Waals surface area contributed by atoms with Crippen LogP contribution in [0.3, 0.4) is 0 Å². The van der Waals surface area contributed by atoms with E-state index in [0.29, 0.717) is 5.56 Å². The first-order valence-corrected chi connectivity index (χ1v) is 9.13. The Morgan fingerprint density at radius 2 is 1.86 bits per heavy atom. The lowest BCUT2D eigenvalue weighted by atomic mass is 10.1. The Labute approximate surface area is 164 Å². The Morgan fingerprint density at radius 1 is 1.14 bits per heavy atom. The number of ether oxygens (including phenoxy) is 2. The van der Waals surface area contributed by atoms with Crippen molar-refractivity contribution in [2.45, 2.75) is 18.1 Å². The van der Waals surface area contributed by atoms with Gasteiger partial charge in [-0.15, -0.1) is 0 Å². The zero-order valence-electron chi connectivity index (χ0n) is 15.3. The van der Waals surface area contributed by atoms with E-state index >= 15 is 0 Å². The van der Waals surface area contributed by atoms with Gasteiger partial charge in [-0.25, -0.2) is 9.78 Å². The van der Waals surface area contributed by atoms with Gasteiger partial charge < -0.3 is 19.8 Å². The summed E-state index contributed by atoms with van der Waals surface area (Å²) in [5, 5.41) is 2.97. The highest BCUT2D eigenvalue weighted by Gasteiger charge is 2.10. The zero-order valence-corrected chi connectivity index (χ0v) is 16.1. The molecule has 148 valence electrons. The summed E-state index contributed by atoms with van der Waals surface area (Å²) in [5.41, 5.74) is 1.10. The number of aromatic amines is 1. The number of amides is 1. The first kappa shape index (κ1) is 21.2. The van der Waals surface area contributed by atoms with Gasteiger partial charge >= 0.3 is 11.9 Å². The number of rotatable bonds is 8. The lowest BCUT2D eigenvalue weighted by molar-refractivity contribution is -0.139. The number of aromatic nitrogens is 2.